The topological polar surface area (TPSA) is 127 Å². The van der Waals surface area contributed by atoms with E-state index in [0.29, 0.717) is 46.1 Å². The number of aromatic nitrogens is 4. The van der Waals surface area contributed by atoms with E-state index in [1.807, 2.05) is 0 Å². The molecule has 4 N–H and O–H groups in total. The summed E-state index contributed by atoms with van der Waals surface area (Å²) in [6.45, 7) is 1.77. The molecule has 0 amide bonds. The third-order valence-electron chi connectivity index (χ3n) is 4.27. The van der Waals surface area contributed by atoms with Gasteiger partial charge in [0.2, 0.25) is 0 Å². The number of nitrogen functional groups attached to an aromatic ring is 1. The van der Waals surface area contributed by atoms with E-state index >= 15 is 0 Å². The first-order chi connectivity index (χ1) is 14.2. The summed E-state index contributed by atoms with van der Waals surface area (Å²) >= 11 is 5.69. The fourth-order valence-electron chi connectivity index (χ4n) is 2.88. The van der Waals surface area contributed by atoms with Gasteiger partial charge in [-0.1, -0.05) is 11.6 Å². The largest absolute Gasteiger partial charge is 0.383 e. The molecule has 0 aliphatic rings. The molecule has 4 rings (SSSR count). The highest BCUT2D eigenvalue weighted by atomic mass is 35.5. The molecular formula is C18H13ClF2N6O2S. The minimum atomic E-state index is -4.32. The molecule has 0 aliphatic carbocycles. The van der Waals surface area contributed by atoms with Crippen LogP contribution in [0.25, 0.3) is 22.4 Å². The molecule has 0 radical (unpaired) electrons. The number of nitrogens with two attached hydrogens (primary N) is 1. The summed E-state index contributed by atoms with van der Waals surface area (Å²) in [4.78, 5) is 8.03. The Balaban J connectivity index is 1.65. The first-order valence-electron chi connectivity index (χ1n) is 8.41. The monoisotopic (exact) mass is 450 g/mol. The number of anilines is 2. The Labute approximate surface area is 174 Å². The van der Waals surface area contributed by atoms with Crippen molar-refractivity contribution >= 4 is 44.2 Å². The zero-order chi connectivity index (χ0) is 21.6. The fraction of sp³-hybridized carbons (Fsp3) is 0.0556. The van der Waals surface area contributed by atoms with Crippen molar-refractivity contribution in [2.24, 2.45) is 0 Å². The van der Waals surface area contributed by atoms with Crippen molar-refractivity contribution in [2.75, 3.05) is 10.5 Å². The molecular weight excluding hydrogens is 438 g/mol. The minimum absolute atomic E-state index is 0.154. The van der Waals surface area contributed by atoms with E-state index in [1.165, 1.54) is 12.1 Å². The van der Waals surface area contributed by atoms with E-state index < -0.39 is 31.6 Å². The summed E-state index contributed by atoms with van der Waals surface area (Å²) in [7, 11) is -4.32. The molecule has 0 bridgehead atoms. The van der Waals surface area contributed by atoms with Crippen molar-refractivity contribution in [3.63, 3.8) is 0 Å². The number of rotatable bonds is 4. The molecule has 0 fully saturated rings. The van der Waals surface area contributed by atoms with Gasteiger partial charge in [-0.25, -0.2) is 27.2 Å². The van der Waals surface area contributed by atoms with E-state index in [-0.39, 0.29) is 5.69 Å². The second-order valence-electron chi connectivity index (χ2n) is 6.35. The Morgan fingerprint density at radius 2 is 1.83 bits per heavy atom. The number of aromatic amines is 1. The highest BCUT2D eigenvalue weighted by molar-refractivity contribution is 7.92. The lowest BCUT2D eigenvalue weighted by atomic mass is 10.2. The number of nitrogens with zero attached hydrogens (tertiary/aromatic N) is 3. The van der Waals surface area contributed by atoms with Crippen LogP contribution < -0.4 is 10.5 Å². The van der Waals surface area contributed by atoms with Crippen molar-refractivity contribution in [3.8, 4) is 11.4 Å². The molecule has 0 atom stereocenters. The lowest BCUT2D eigenvalue weighted by Crippen LogP contribution is -2.14. The Morgan fingerprint density at radius 1 is 1.13 bits per heavy atom. The van der Waals surface area contributed by atoms with Gasteiger partial charge in [0, 0.05) is 17.3 Å². The van der Waals surface area contributed by atoms with Crippen LogP contribution in [0.15, 0.2) is 41.3 Å². The van der Waals surface area contributed by atoms with Crippen LogP contribution in [0.4, 0.5) is 20.3 Å². The zero-order valence-corrected chi connectivity index (χ0v) is 16.8. The molecule has 2 heterocycles. The van der Waals surface area contributed by atoms with Crippen molar-refractivity contribution < 1.29 is 17.2 Å². The number of benzene rings is 2. The number of sulfonamides is 1. The van der Waals surface area contributed by atoms with Gasteiger partial charge in [-0.2, -0.15) is 5.10 Å². The lowest BCUT2D eigenvalue weighted by molar-refractivity contribution is 0.569. The molecule has 0 spiro atoms. The maximum Gasteiger partial charge on any atom is 0.263 e. The van der Waals surface area contributed by atoms with Gasteiger partial charge in [0.15, 0.2) is 11.5 Å². The van der Waals surface area contributed by atoms with Gasteiger partial charge in [-0.15, -0.1) is 0 Å². The summed E-state index contributed by atoms with van der Waals surface area (Å²) in [5, 5.41) is 6.59. The standard InChI is InChI=1S/C18H13ClF2N6O2S/c1-8-14-16(22)25-26-18(14)24-17(23-8)9-2-4-11(5-3-9)27-30(28,29)13-7-10(20)6-12(21)15(13)19/h2-7,27H,1H3,(H3,22,23,24,25,26). The summed E-state index contributed by atoms with van der Waals surface area (Å²) in [6.07, 6.45) is 0. The Hall–Kier alpha value is -3.31. The van der Waals surface area contributed by atoms with Crippen LogP contribution in [0.1, 0.15) is 5.69 Å². The van der Waals surface area contributed by atoms with Gasteiger partial charge in [-0.05, 0) is 37.3 Å². The molecule has 0 aliphatic heterocycles. The molecule has 0 saturated heterocycles. The quantitative estimate of drug-likeness (QED) is 0.407. The SMILES string of the molecule is Cc1nc(-c2ccc(NS(=O)(=O)c3cc(F)cc(F)c3Cl)cc2)nc2n[nH]c(N)c12. The van der Waals surface area contributed by atoms with Crippen molar-refractivity contribution in [1.29, 1.82) is 0 Å². The fourth-order valence-corrected chi connectivity index (χ4v) is 4.45. The molecule has 2 aromatic heterocycles. The molecule has 0 unspecified atom stereocenters. The highest BCUT2D eigenvalue weighted by Gasteiger charge is 2.22. The van der Waals surface area contributed by atoms with Crippen LogP contribution in [0.3, 0.4) is 0 Å². The first-order valence-corrected chi connectivity index (χ1v) is 10.3. The van der Waals surface area contributed by atoms with Gasteiger partial charge in [0.1, 0.15) is 22.3 Å². The van der Waals surface area contributed by atoms with Crippen LogP contribution in [-0.2, 0) is 10.0 Å². The first kappa shape index (κ1) is 20.0. The van der Waals surface area contributed by atoms with Crippen LogP contribution in [0, 0.1) is 18.6 Å². The predicted molar refractivity (Wildman–Crippen MR) is 108 cm³/mol. The van der Waals surface area contributed by atoms with E-state index in [4.69, 9.17) is 17.3 Å². The van der Waals surface area contributed by atoms with Gasteiger partial charge < -0.3 is 5.73 Å². The maximum atomic E-state index is 13.6. The summed E-state index contributed by atoms with van der Waals surface area (Å²) in [6, 6.07) is 7.23. The number of nitrogens with one attached hydrogen (secondary N) is 2. The average molecular weight is 451 g/mol. The van der Waals surface area contributed by atoms with E-state index in [9.17, 15) is 17.2 Å². The molecule has 4 aromatic rings. The third-order valence-corrected chi connectivity index (χ3v) is 6.17. The molecule has 12 heteroatoms. The van der Waals surface area contributed by atoms with Crippen molar-refractivity contribution in [3.05, 3.63) is 58.7 Å². The molecule has 154 valence electrons. The number of hydrogen-bond acceptors (Lipinski definition) is 6. The zero-order valence-electron chi connectivity index (χ0n) is 15.2. The van der Waals surface area contributed by atoms with Crippen LogP contribution >= 0.6 is 11.6 Å². The minimum Gasteiger partial charge on any atom is -0.383 e. The second kappa shape index (κ2) is 7.18. The lowest BCUT2D eigenvalue weighted by Gasteiger charge is -2.11. The van der Waals surface area contributed by atoms with E-state index in [1.54, 1.807) is 19.1 Å². The maximum absolute atomic E-state index is 13.6. The molecule has 2 aromatic carbocycles. The predicted octanol–water partition coefficient (Wildman–Crippen LogP) is 3.64. The third kappa shape index (κ3) is 3.53. The highest BCUT2D eigenvalue weighted by Crippen LogP contribution is 2.29. The van der Waals surface area contributed by atoms with Crippen LogP contribution in [0.5, 0.6) is 0 Å². The number of aryl methyl sites for hydroxylation is 1. The normalized spacial score (nSPS) is 11.7. The molecule has 30 heavy (non-hydrogen) atoms. The Kier molecular flexibility index (Phi) is 4.79. The van der Waals surface area contributed by atoms with Crippen LogP contribution in [0.2, 0.25) is 5.02 Å². The van der Waals surface area contributed by atoms with E-state index in [0.717, 1.165) is 0 Å². The summed E-state index contributed by atoms with van der Waals surface area (Å²) in [5.74, 6) is -1.49. The van der Waals surface area contributed by atoms with Gasteiger partial charge in [0.05, 0.1) is 16.1 Å². The van der Waals surface area contributed by atoms with Crippen molar-refractivity contribution in [2.45, 2.75) is 11.8 Å². The number of H-pyrrole nitrogens is 1. The number of halogens is 3. The van der Waals surface area contributed by atoms with Gasteiger partial charge in [-0.3, -0.25) is 9.82 Å². The van der Waals surface area contributed by atoms with Gasteiger partial charge in [0.25, 0.3) is 10.0 Å². The van der Waals surface area contributed by atoms with Crippen molar-refractivity contribution in [1.82, 2.24) is 20.2 Å². The summed E-state index contributed by atoms with van der Waals surface area (Å²) < 4.78 is 54.3. The smallest absolute Gasteiger partial charge is 0.263 e. The molecule has 8 nitrogen and oxygen atoms in total. The van der Waals surface area contributed by atoms with Gasteiger partial charge >= 0.3 is 0 Å². The Morgan fingerprint density at radius 3 is 2.53 bits per heavy atom. The number of fused-ring (bicyclic) bond motifs is 1. The van der Waals surface area contributed by atoms with Crippen LogP contribution in [-0.4, -0.2) is 28.6 Å². The summed E-state index contributed by atoms with van der Waals surface area (Å²) in [5.41, 5.74) is 7.59. The Bertz CT molecular complexity index is 1390. The number of hydrogen-bond donors (Lipinski definition) is 3. The average Bonchev–Trinajstić information content (AvgIpc) is 3.06. The van der Waals surface area contributed by atoms with E-state index in [2.05, 4.69) is 24.9 Å². The second-order valence-corrected chi connectivity index (χ2v) is 8.38. The molecule has 0 saturated carbocycles.